The number of carboxylic acid groups (broad SMARTS) is 1. The van der Waals surface area contributed by atoms with Crippen LogP contribution in [-0.4, -0.2) is 64.9 Å². The number of carboxylic acids is 1. The first-order chi connectivity index (χ1) is 31.1. The van der Waals surface area contributed by atoms with Crippen LogP contribution in [0.3, 0.4) is 0 Å². The van der Waals surface area contributed by atoms with Crippen molar-refractivity contribution in [2.45, 2.75) is 206 Å². The number of carbonyl (C=O) groups excluding carboxylic acids is 2. The third kappa shape index (κ3) is 45.2. The number of allylic oxidation sites excluding steroid dienone is 14. The van der Waals surface area contributed by atoms with Crippen molar-refractivity contribution < 1.29 is 47.8 Å². The van der Waals surface area contributed by atoms with E-state index in [0.29, 0.717) is 19.3 Å². The highest BCUT2D eigenvalue weighted by Crippen LogP contribution is 2.43. The minimum Gasteiger partial charge on any atom is -0.480 e. The second-order valence-electron chi connectivity index (χ2n) is 16.3. The summed E-state index contributed by atoms with van der Waals surface area (Å²) in [5.41, 5.74) is 0. The second kappa shape index (κ2) is 46.2. The molecule has 0 aromatic heterocycles. The molecule has 0 aliphatic rings. The molecule has 64 heavy (non-hydrogen) atoms. The quantitative estimate of drug-likeness (QED) is 0.0200. The lowest BCUT2D eigenvalue weighted by Crippen LogP contribution is -2.43. The van der Waals surface area contributed by atoms with Crippen molar-refractivity contribution in [2.24, 2.45) is 0 Å². The lowest BCUT2D eigenvalue weighted by atomic mass is 10.0. The normalized spacial score (nSPS) is 14.3. The number of aliphatic hydroxyl groups is 1. The molecule has 0 bridgehead atoms. The number of amides is 1. The lowest BCUT2D eigenvalue weighted by molar-refractivity contribution is -0.147. The summed E-state index contributed by atoms with van der Waals surface area (Å²) < 4.78 is 26.9. The Bertz CT molecular complexity index is 1400. The van der Waals surface area contributed by atoms with E-state index in [1.807, 2.05) is 12.2 Å². The van der Waals surface area contributed by atoms with E-state index in [4.69, 9.17) is 13.8 Å². The largest absolute Gasteiger partial charge is 0.480 e. The standard InChI is InChI=1S/C52H88NO10P/c1-3-5-7-9-11-13-15-17-19-21-22-23-24-25-26-28-29-31-33-35-37-39-41-43-50(55)53-49(52(57)58)47-63-64(59,60)62-46-48(54)45-61-51(56)44-42-40-38-36-34-32-30-27-20-18-16-14-12-10-8-6-4-2/h11-14,17-20,22-23,30,32,36,38,48-49,54H,3-10,15-16,21,24-29,31,33-35,37,39-47H2,1-2H3,(H,53,55)(H,57,58)(H,59,60)/b13-11-,14-12-,19-17-,20-18-,23-22-,32-30-,38-36-. The van der Waals surface area contributed by atoms with Gasteiger partial charge in [0, 0.05) is 12.8 Å². The molecular weight excluding hydrogens is 830 g/mol. The third-order valence-electron chi connectivity index (χ3n) is 10.2. The van der Waals surface area contributed by atoms with Crippen molar-refractivity contribution in [3.63, 3.8) is 0 Å². The Kier molecular flexibility index (Phi) is 43.8. The summed E-state index contributed by atoms with van der Waals surface area (Å²) in [6.45, 7) is 2.48. The molecule has 0 aliphatic heterocycles. The molecule has 1 amide bonds. The smallest absolute Gasteiger partial charge is 0.472 e. The van der Waals surface area contributed by atoms with E-state index in [2.05, 4.69) is 92.1 Å². The number of hydrogen-bond acceptors (Lipinski definition) is 8. The predicted molar refractivity (Wildman–Crippen MR) is 263 cm³/mol. The summed E-state index contributed by atoms with van der Waals surface area (Å²) in [7, 11) is -4.78. The molecule has 0 spiro atoms. The van der Waals surface area contributed by atoms with Gasteiger partial charge in [-0.05, 0) is 89.9 Å². The fourth-order valence-corrected chi connectivity index (χ4v) is 7.09. The molecule has 4 N–H and O–H groups in total. The molecule has 12 heteroatoms. The van der Waals surface area contributed by atoms with Gasteiger partial charge in [-0.3, -0.25) is 18.6 Å². The number of phosphoric acid groups is 1. The first kappa shape index (κ1) is 60.7. The van der Waals surface area contributed by atoms with Gasteiger partial charge in [0.05, 0.1) is 13.2 Å². The van der Waals surface area contributed by atoms with Gasteiger partial charge in [0.15, 0.2) is 6.04 Å². The molecule has 0 heterocycles. The lowest BCUT2D eigenvalue weighted by Gasteiger charge is -2.18. The molecule has 0 saturated heterocycles. The molecular formula is C52H88NO10P. The van der Waals surface area contributed by atoms with Crippen LogP contribution < -0.4 is 5.32 Å². The molecule has 0 aliphatic carbocycles. The van der Waals surface area contributed by atoms with Crippen LogP contribution in [0.25, 0.3) is 0 Å². The number of unbranched alkanes of at least 4 members (excludes halogenated alkanes) is 17. The highest BCUT2D eigenvalue weighted by atomic mass is 31.2. The number of rotatable bonds is 45. The Morgan fingerprint density at radius 3 is 1.31 bits per heavy atom. The number of phosphoric ester groups is 1. The number of hydrogen-bond donors (Lipinski definition) is 4. The van der Waals surface area contributed by atoms with E-state index >= 15 is 0 Å². The van der Waals surface area contributed by atoms with Crippen LogP contribution in [0.1, 0.15) is 194 Å². The summed E-state index contributed by atoms with van der Waals surface area (Å²) in [6.07, 6.45) is 57.5. The van der Waals surface area contributed by atoms with Gasteiger partial charge in [0.25, 0.3) is 0 Å². The SMILES string of the molecule is CCCCC/C=C\C/C=C\C/C=C\C/C=C\CCCC(=O)OCC(O)COP(=O)(O)OCC(NC(=O)CCCCCCCCCCCC/C=C\C/C=C\C/C=C\CCCCC)C(=O)O. The average Bonchev–Trinajstić information content (AvgIpc) is 3.27. The molecule has 0 aromatic rings. The molecule has 3 unspecified atom stereocenters. The molecule has 11 nitrogen and oxygen atoms in total. The fraction of sp³-hybridized carbons (Fsp3) is 0.673. The minimum absolute atomic E-state index is 0.133. The topological polar surface area (TPSA) is 169 Å². The number of carbonyl (C=O) groups is 3. The van der Waals surface area contributed by atoms with Crippen molar-refractivity contribution in [3.05, 3.63) is 85.1 Å². The van der Waals surface area contributed by atoms with Gasteiger partial charge in [-0.25, -0.2) is 9.36 Å². The number of ether oxygens (including phenoxy) is 1. The summed E-state index contributed by atoms with van der Waals surface area (Å²) in [4.78, 5) is 46.1. The molecule has 0 aromatic carbocycles. The second-order valence-corrected chi connectivity index (χ2v) is 17.7. The zero-order chi connectivity index (χ0) is 47.0. The van der Waals surface area contributed by atoms with E-state index in [1.54, 1.807) is 0 Å². The van der Waals surface area contributed by atoms with Crippen molar-refractivity contribution >= 4 is 25.7 Å². The average molecular weight is 918 g/mol. The Morgan fingerprint density at radius 1 is 0.500 bits per heavy atom. The summed E-state index contributed by atoms with van der Waals surface area (Å²) >= 11 is 0. The van der Waals surface area contributed by atoms with Crippen LogP contribution in [-0.2, 0) is 32.7 Å². The monoisotopic (exact) mass is 918 g/mol. The predicted octanol–water partition coefficient (Wildman–Crippen LogP) is 13.4. The number of esters is 1. The number of nitrogens with one attached hydrogen (secondary N) is 1. The van der Waals surface area contributed by atoms with E-state index in [0.717, 1.165) is 70.6 Å². The van der Waals surface area contributed by atoms with Crippen molar-refractivity contribution in [3.8, 4) is 0 Å². The molecule has 0 fully saturated rings. The fourth-order valence-electron chi connectivity index (χ4n) is 6.31. The van der Waals surface area contributed by atoms with Crippen LogP contribution in [0.4, 0.5) is 0 Å². The van der Waals surface area contributed by atoms with Gasteiger partial charge in [-0.15, -0.1) is 0 Å². The molecule has 366 valence electrons. The van der Waals surface area contributed by atoms with Gasteiger partial charge in [-0.2, -0.15) is 0 Å². The summed E-state index contributed by atoms with van der Waals surface area (Å²) in [6, 6.07) is -1.56. The first-order valence-corrected chi connectivity index (χ1v) is 26.1. The zero-order valence-corrected chi connectivity index (χ0v) is 40.7. The molecule has 0 radical (unpaired) electrons. The van der Waals surface area contributed by atoms with Crippen LogP contribution in [0, 0.1) is 0 Å². The number of aliphatic hydroxyl groups excluding tert-OH is 1. The van der Waals surface area contributed by atoms with Crippen LogP contribution in [0.5, 0.6) is 0 Å². The van der Waals surface area contributed by atoms with E-state index in [1.165, 1.54) is 77.0 Å². The van der Waals surface area contributed by atoms with Crippen LogP contribution in [0.15, 0.2) is 85.1 Å². The van der Waals surface area contributed by atoms with Gasteiger partial charge >= 0.3 is 19.8 Å². The van der Waals surface area contributed by atoms with E-state index in [9.17, 15) is 34.1 Å². The van der Waals surface area contributed by atoms with E-state index < -0.39 is 57.6 Å². The Labute approximate surface area is 388 Å². The third-order valence-corrected chi connectivity index (χ3v) is 11.1. The minimum atomic E-state index is -4.78. The maximum absolute atomic E-state index is 12.4. The molecule has 3 atom stereocenters. The summed E-state index contributed by atoms with van der Waals surface area (Å²) in [5.74, 6) is -2.45. The van der Waals surface area contributed by atoms with Crippen LogP contribution >= 0.6 is 7.82 Å². The molecule has 0 saturated carbocycles. The Hall–Kier alpha value is -3.34. The first-order valence-electron chi connectivity index (χ1n) is 24.6. The van der Waals surface area contributed by atoms with E-state index in [-0.39, 0.29) is 12.8 Å². The zero-order valence-electron chi connectivity index (χ0n) is 39.8. The summed E-state index contributed by atoms with van der Waals surface area (Å²) in [5, 5.41) is 21.9. The Balaban J connectivity index is 3.93. The van der Waals surface area contributed by atoms with Crippen LogP contribution in [0.2, 0.25) is 0 Å². The number of aliphatic carboxylic acids is 1. The van der Waals surface area contributed by atoms with Gasteiger partial charge in [-0.1, -0.05) is 176 Å². The Morgan fingerprint density at radius 2 is 0.875 bits per heavy atom. The highest BCUT2D eigenvalue weighted by Gasteiger charge is 2.28. The maximum Gasteiger partial charge on any atom is 0.472 e. The highest BCUT2D eigenvalue weighted by molar-refractivity contribution is 7.47. The van der Waals surface area contributed by atoms with Crippen molar-refractivity contribution in [2.75, 3.05) is 19.8 Å². The maximum atomic E-state index is 12.4. The van der Waals surface area contributed by atoms with Crippen molar-refractivity contribution in [1.82, 2.24) is 5.32 Å². The van der Waals surface area contributed by atoms with Gasteiger partial charge < -0.3 is 25.2 Å². The van der Waals surface area contributed by atoms with Gasteiger partial charge in [0.1, 0.15) is 12.7 Å². The van der Waals surface area contributed by atoms with Gasteiger partial charge in [0.2, 0.25) is 5.91 Å². The molecule has 0 rings (SSSR count). The van der Waals surface area contributed by atoms with Crippen molar-refractivity contribution in [1.29, 1.82) is 0 Å².